The van der Waals surface area contributed by atoms with Crippen LogP contribution in [-0.4, -0.2) is 50.3 Å². The van der Waals surface area contributed by atoms with Crippen molar-refractivity contribution in [2.45, 2.75) is 98.4 Å². The van der Waals surface area contributed by atoms with Gasteiger partial charge >= 0.3 is 23.9 Å². The van der Waals surface area contributed by atoms with Crippen molar-refractivity contribution in [2.75, 3.05) is 26.4 Å². The summed E-state index contributed by atoms with van der Waals surface area (Å²) in [5.41, 5.74) is 5.33. The Balaban J connectivity index is 1.91. The number of aryl methyl sites for hydroxylation is 4. The summed E-state index contributed by atoms with van der Waals surface area (Å²) in [6, 6.07) is 17.0. The molecular formula is C37H52O8. The normalized spacial score (nSPS) is 11.7. The molecule has 0 aliphatic rings. The SMILES string of the molecule is C=C(C)C(=O)OC(CCc1ccc(CCCc2ccc(CCC(OCC)(OCC)OC(=O)C(=C)C)cc2)cc1)(OCC)OCC. The average molecular weight is 625 g/mol. The molecular weight excluding hydrogens is 572 g/mol. The first-order valence-electron chi connectivity index (χ1n) is 16.0. The molecule has 0 heterocycles. The van der Waals surface area contributed by atoms with Gasteiger partial charge in [-0.25, -0.2) is 9.59 Å². The van der Waals surface area contributed by atoms with Gasteiger partial charge in [-0.3, -0.25) is 0 Å². The lowest BCUT2D eigenvalue weighted by atomic mass is 10.00. The number of benzene rings is 2. The monoisotopic (exact) mass is 624 g/mol. The van der Waals surface area contributed by atoms with Gasteiger partial charge in [0.1, 0.15) is 0 Å². The van der Waals surface area contributed by atoms with Crippen LogP contribution < -0.4 is 0 Å². The van der Waals surface area contributed by atoms with Gasteiger partial charge in [0.2, 0.25) is 0 Å². The molecule has 248 valence electrons. The largest absolute Gasteiger partial charge is 0.404 e. The van der Waals surface area contributed by atoms with Gasteiger partial charge in [-0.2, -0.15) is 0 Å². The predicted octanol–water partition coefficient (Wildman–Crippen LogP) is 7.42. The maximum Gasteiger partial charge on any atom is 0.337 e. The van der Waals surface area contributed by atoms with Crippen LogP contribution in [0.1, 0.15) is 83.1 Å². The molecule has 0 bridgehead atoms. The third kappa shape index (κ3) is 12.9. The summed E-state index contributed by atoms with van der Waals surface area (Å²) in [4.78, 5) is 24.5. The molecule has 8 nitrogen and oxygen atoms in total. The summed E-state index contributed by atoms with van der Waals surface area (Å²) in [6.45, 7) is 19.3. The third-order valence-electron chi connectivity index (χ3n) is 7.07. The van der Waals surface area contributed by atoms with Crippen molar-refractivity contribution in [2.24, 2.45) is 0 Å². The summed E-state index contributed by atoms with van der Waals surface area (Å²) >= 11 is 0. The van der Waals surface area contributed by atoms with Crippen LogP contribution in [-0.2, 0) is 63.7 Å². The minimum absolute atomic E-state index is 0.295. The van der Waals surface area contributed by atoms with E-state index in [2.05, 4.69) is 61.7 Å². The highest BCUT2D eigenvalue weighted by Crippen LogP contribution is 2.26. The van der Waals surface area contributed by atoms with Crippen LogP contribution in [0.5, 0.6) is 0 Å². The minimum atomic E-state index is -1.43. The Bertz CT molecular complexity index is 1110. The van der Waals surface area contributed by atoms with Gasteiger partial charge in [0.25, 0.3) is 0 Å². The predicted molar refractivity (Wildman–Crippen MR) is 175 cm³/mol. The molecule has 0 fully saturated rings. The molecule has 0 atom stereocenters. The molecule has 2 aromatic rings. The summed E-state index contributed by atoms with van der Waals surface area (Å²) in [5.74, 6) is -3.93. The molecule has 0 amide bonds. The zero-order valence-electron chi connectivity index (χ0n) is 28.1. The van der Waals surface area contributed by atoms with Crippen LogP contribution in [0.3, 0.4) is 0 Å². The Morgan fingerprint density at radius 2 is 0.800 bits per heavy atom. The molecule has 0 aliphatic carbocycles. The number of esters is 2. The lowest BCUT2D eigenvalue weighted by Gasteiger charge is -2.32. The zero-order chi connectivity index (χ0) is 33.3. The van der Waals surface area contributed by atoms with Crippen molar-refractivity contribution in [3.05, 3.63) is 95.1 Å². The average Bonchev–Trinajstić information content (AvgIpc) is 3.00. The molecule has 2 rings (SSSR count). The number of carbonyl (C=O) groups is 2. The van der Waals surface area contributed by atoms with Gasteiger partial charge in [0, 0.05) is 24.0 Å². The van der Waals surface area contributed by atoms with E-state index in [1.165, 1.54) is 11.1 Å². The van der Waals surface area contributed by atoms with Crippen molar-refractivity contribution in [3.8, 4) is 0 Å². The lowest BCUT2D eigenvalue weighted by molar-refractivity contribution is -0.362. The van der Waals surface area contributed by atoms with Crippen molar-refractivity contribution < 1.29 is 38.0 Å². The fourth-order valence-electron chi connectivity index (χ4n) is 4.76. The van der Waals surface area contributed by atoms with Crippen LogP contribution in [0, 0.1) is 0 Å². The van der Waals surface area contributed by atoms with Crippen LogP contribution >= 0.6 is 0 Å². The van der Waals surface area contributed by atoms with Gasteiger partial charge in [-0.15, -0.1) is 0 Å². The fourth-order valence-corrected chi connectivity index (χ4v) is 4.76. The van der Waals surface area contributed by atoms with Gasteiger partial charge in [-0.1, -0.05) is 61.7 Å². The fraction of sp³-hybridized carbons (Fsp3) is 0.514. The van der Waals surface area contributed by atoms with E-state index in [0.717, 1.165) is 30.4 Å². The van der Waals surface area contributed by atoms with E-state index in [4.69, 9.17) is 28.4 Å². The van der Waals surface area contributed by atoms with E-state index in [9.17, 15) is 9.59 Å². The highest BCUT2D eigenvalue weighted by atomic mass is 16.9. The molecule has 2 aromatic carbocycles. The number of rotatable bonds is 22. The van der Waals surface area contributed by atoms with Crippen LogP contribution in [0.25, 0.3) is 0 Å². The van der Waals surface area contributed by atoms with Crippen molar-refractivity contribution in [1.29, 1.82) is 0 Å². The number of hydrogen-bond donors (Lipinski definition) is 0. The first kappa shape index (κ1) is 37.9. The van der Waals surface area contributed by atoms with E-state index in [-0.39, 0.29) is 0 Å². The minimum Gasteiger partial charge on any atom is -0.404 e. The van der Waals surface area contributed by atoms with Crippen molar-refractivity contribution in [3.63, 3.8) is 0 Å². The van der Waals surface area contributed by atoms with E-state index >= 15 is 0 Å². The Morgan fingerprint density at radius 3 is 1.04 bits per heavy atom. The molecule has 0 spiro atoms. The Kier molecular flexibility index (Phi) is 16.2. The molecule has 0 radical (unpaired) electrons. The number of hydrogen-bond acceptors (Lipinski definition) is 8. The Labute approximate surface area is 269 Å². The van der Waals surface area contributed by atoms with Crippen molar-refractivity contribution >= 4 is 11.9 Å². The maximum absolute atomic E-state index is 12.2. The third-order valence-corrected chi connectivity index (χ3v) is 7.07. The first-order chi connectivity index (χ1) is 21.5. The number of carbonyl (C=O) groups excluding carboxylic acids is 2. The van der Waals surface area contributed by atoms with Crippen LogP contribution in [0.4, 0.5) is 0 Å². The first-order valence-corrected chi connectivity index (χ1v) is 16.0. The van der Waals surface area contributed by atoms with Gasteiger partial charge in [0.15, 0.2) is 0 Å². The maximum atomic E-state index is 12.2. The van der Waals surface area contributed by atoms with E-state index < -0.39 is 23.9 Å². The molecule has 0 N–H and O–H groups in total. The summed E-state index contributed by atoms with van der Waals surface area (Å²) in [6.07, 6.45) is 4.94. The standard InChI is InChI=1S/C37H52O8/c1-9-40-36(41-10-2,44-34(38)28(5)6)26-24-32-20-16-30(17-21-32)14-13-15-31-18-22-33(23-19-31)25-27-37(42-11-3,43-12-4)45-35(39)29(7)8/h16-23H,5,7,9-15,24-27H2,1-4,6,8H3. The number of ether oxygens (including phenoxy) is 6. The molecule has 45 heavy (non-hydrogen) atoms. The topological polar surface area (TPSA) is 89.5 Å². The quantitative estimate of drug-likeness (QED) is 0.0760. The van der Waals surface area contributed by atoms with Gasteiger partial charge < -0.3 is 28.4 Å². The smallest absolute Gasteiger partial charge is 0.337 e. The molecule has 0 unspecified atom stereocenters. The van der Waals surface area contributed by atoms with E-state index in [1.54, 1.807) is 13.8 Å². The highest BCUT2D eigenvalue weighted by Gasteiger charge is 2.37. The van der Waals surface area contributed by atoms with Crippen LogP contribution in [0.15, 0.2) is 72.8 Å². The van der Waals surface area contributed by atoms with E-state index in [0.29, 0.717) is 63.3 Å². The van der Waals surface area contributed by atoms with E-state index in [1.807, 2.05) is 27.7 Å². The molecule has 8 heteroatoms. The second-order valence-electron chi connectivity index (χ2n) is 10.9. The molecule has 0 saturated heterocycles. The second-order valence-corrected chi connectivity index (χ2v) is 10.9. The van der Waals surface area contributed by atoms with Crippen LogP contribution in [0.2, 0.25) is 0 Å². The summed E-state index contributed by atoms with van der Waals surface area (Å²) < 4.78 is 34.2. The molecule has 0 aromatic heterocycles. The Hall–Kier alpha value is -3.30. The van der Waals surface area contributed by atoms with Crippen molar-refractivity contribution in [1.82, 2.24) is 0 Å². The second kappa shape index (κ2) is 19.3. The van der Waals surface area contributed by atoms with Gasteiger partial charge in [-0.05, 0) is 95.9 Å². The molecule has 0 aliphatic heterocycles. The summed E-state index contributed by atoms with van der Waals surface area (Å²) in [7, 11) is 0. The highest BCUT2D eigenvalue weighted by molar-refractivity contribution is 5.87. The van der Waals surface area contributed by atoms with Gasteiger partial charge in [0.05, 0.1) is 26.4 Å². The lowest BCUT2D eigenvalue weighted by Crippen LogP contribution is -2.42. The zero-order valence-corrected chi connectivity index (χ0v) is 28.1. The molecule has 0 saturated carbocycles. The Morgan fingerprint density at radius 1 is 0.533 bits per heavy atom. The summed E-state index contributed by atoms with van der Waals surface area (Å²) in [5, 5.41) is 0.